The van der Waals surface area contributed by atoms with Crippen LogP contribution >= 0.6 is 0 Å². The molecule has 7 heteroatoms. The van der Waals surface area contributed by atoms with Gasteiger partial charge in [-0.05, 0) is 36.1 Å². The lowest BCUT2D eigenvalue weighted by Crippen LogP contribution is -2.05. The van der Waals surface area contributed by atoms with E-state index in [0.29, 0.717) is 0 Å². The van der Waals surface area contributed by atoms with Crippen molar-refractivity contribution in [1.29, 1.82) is 0 Å². The second-order valence-corrected chi connectivity index (χ2v) is 5.66. The molecule has 0 fully saturated rings. The maximum atomic E-state index is 12.1. The summed E-state index contributed by atoms with van der Waals surface area (Å²) < 4.78 is 5.16. The van der Waals surface area contributed by atoms with Gasteiger partial charge in [0.25, 0.3) is 0 Å². The van der Waals surface area contributed by atoms with E-state index in [4.69, 9.17) is 4.42 Å². The van der Waals surface area contributed by atoms with E-state index in [-0.39, 0.29) is 51.3 Å². The predicted molar refractivity (Wildman–Crippen MR) is 88.4 cm³/mol. The number of benzene rings is 2. The van der Waals surface area contributed by atoms with Crippen LogP contribution in [0.5, 0.6) is 23.0 Å². The maximum absolute atomic E-state index is 12.1. The first-order chi connectivity index (χ1) is 11.8. The Labute approximate surface area is 141 Å². The van der Waals surface area contributed by atoms with Crippen LogP contribution in [0.4, 0.5) is 0 Å². The normalized spacial score (nSPS) is 10.9. The molecule has 3 rings (SSSR count). The summed E-state index contributed by atoms with van der Waals surface area (Å²) in [4.78, 5) is 23.9. The molecule has 0 aliphatic heterocycles. The fraction of sp³-hybridized carbons (Fsp3) is 0.111. The van der Waals surface area contributed by atoms with E-state index in [9.17, 15) is 30.0 Å². The van der Waals surface area contributed by atoms with Crippen molar-refractivity contribution < 1.29 is 29.6 Å². The van der Waals surface area contributed by atoms with Gasteiger partial charge in [-0.1, -0.05) is 0 Å². The molecule has 0 amide bonds. The Kier molecular flexibility index (Phi) is 3.84. The molecule has 7 nitrogen and oxygen atoms in total. The first-order valence-electron chi connectivity index (χ1n) is 7.30. The SMILES string of the molecule is CC(=O)c1c(O)cc(O)cc1Cc1cc2cc(O)cc(O)c2c(=O)o1. The molecule has 0 aliphatic carbocycles. The van der Waals surface area contributed by atoms with Crippen LogP contribution in [0.1, 0.15) is 28.6 Å². The van der Waals surface area contributed by atoms with Crippen LogP contribution in [0, 0.1) is 0 Å². The van der Waals surface area contributed by atoms with Crippen molar-refractivity contribution in [3.8, 4) is 23.0 Å². The molecule has 0 aliphatic rings. The summed E-state index contributed by atoms with van der Waals surface area (Å²) in [5.41, 5.74) is -0.519. The van der Waals surface area contributed by atoms with Crippen LogP contribution in [-0.2, 0) is 6.42 Å². The summed E-state index contributed by atoms with van der Waals surface area (Å²) in [5, 5.41) is 39.1. The number of rotatable bonds is 3. The van der Waals surface area contributed by atoms with Crippen LogP contribution in [0.25, 0.3) is 10.8 Å². The standard InChI is InChI=1S/C18H14O7/c1-8(19)16-9(2-11(20)6-14(16)22)4-13-5-10-3-12(21)7-15(23)17(10)18(24)25-13/h2-3,5-7,20-23H,4H2,1H3. The average molecular weight is 342 g/mol. The lowest BCUT2D eigenvalue weighted by atomic mass is 9.98. The summed E-state index contributed by atoms with van der Waals surface area (Å²) >= 11 is 0. The van der Waals surface area contributed by atoms with Gasteiger partial charge in [-0.15, -0.1) is 0 Å². The molecule has 0 atom stereocenters. The second kappa shape index (κ2) is 5.86. The van der Waals surface area contributed by atoms with Crippen molar-refractivity contribution in [3.05, 3.63) is 57.6 Å². The maximum Gasteiger partial charge on any atom is 0.347 e. The molecule has 0 bridgehead atoms. The average Bonchev–Trinajstić information content (AvgIpc) is 2.44. The highest BCUT2D eigenvalue weighted by molar-refractivity contribution is 5.98. The zero-order chi connectivity index (χ0) is 18.3. The van der Waals surface area contributed by atoms with Crippen molar-refractivity contribution in [3.63, 3.8) is 0 Å². The first-order valence-corrected chi connectivity index (χ1v) is 7.30. The lowest BCUT2D eigenvalue weighted by molar-refractivity contribution is 0.101. The Morgan fingerprint density at radius 2 is 1.60 bits per heavy atom. The molecule has 1 heterocycles. The number of hydrogen-bond donors (Lipinski definition) is 4. The van der Waals surface area contributed by atoms with Gasteiger partial charge in [0.15, 0.2) is 5.78 Å². The molecule has 3 aromatic rings. The fourth-order valence-electron chi connectivity index (χ4n) is 2.83. The highest BCUT2D eigenvalue weighted by Gasteiger charge is 2.17. The number of aromatic hydroxyl groups is 4. The van der Waals surface area contributed by atoms with E-state index in [1.54, 1.807) is 0 Å². The zero-order valence-electron chi connectivity index (χ0n) is 13.1. The van der Waals surface area contributed by atoms with E-state index >= 15 is 0 Å². The molecular weight excluding hydrogens is 328 g/mol. The van der Waals surface area contributed by atoms with Gasteiger partial charge in [-0.3, -0.25) is 4.79 Å². The second-order valence-electron chi connectivity index (χ2n) is 5.66. The van der Waals surface area contributed by atoms with Gasteiger partial charge in [0.2, 0.25) is 0 Å². The Hall–Kier alpha value is -3.48. The minimum Gasteiger partial charge on any atom is -0.508 e. The van der Waals surface area contributed by atoms with Crippen molar-refractivity contribution in [2.24, 2.45) is 0 Å². The third kappa shape index (κ3) is 2.99. The van der Waals surface area contributed by atoms with Crippen LogP contribution in [-0.4, -0.2) is 26.2 Å². The molecule has 0 saturated heterocycles. The van der Waals surface area contributed by atoms with Gasteiger partial charge in [0.05, 0.1) is 5.56 Å². The van der Waals surface area contributed by atoms with Crippen molar-refractivity contribution in [1.82, 2.24) is 0 Å². The Morgan fingerprint density at radius 1 is 0.960 bits per heavy atom. The largest absolute Gasteiger partial charge is 0.508 e. The van der Waals surface area contributed by atoms with Gasteiger partial charge >= 0.3 is 5.63 Å². The fourth-order valence-corrected chi connectivity index (χ4v) is 2.83. The number of carbonyl (C=O) groups is 1. The van der Waals surface area contributed by atoms with Crippen molar-refractivity contribution in [2.75, 3.05) is 0 Å². The van der Waals surface area contributed by atoms with E-state index in [1.165, 1.54) is 25.1 Å². The minimum atomic E-state index is -0.807. The molecule has 0 spiro atoms. The summed E-state index contributed by atoms with van der Waals surface area (Å²) in [5.74, 6) is -1.52. The summed E-state index contributed by atoms with van der Waals surface area (Å²) in [6, 6.07) is 6.09. The number of ketones is 1. The smallest absolute Gasteiger partial charge is 0.347 e. The highest BCUT2D eigenvalue weighted by Crippen LogP contribution is 2.31. The molecule has 1 aromatic heterocycles. The molecule has 25 heavy (non-hydrogen) atoms. The van der Waals surface area contributed by atoms with Crippen LogP contribution in [0.2, 0.25) is 0 Å². The zero-order valence-corrected chi connectivity index (χ0v) is 13.1. The molecule has 2 aromatic carbocycles. The van der Waals surface area contributed by atoms with Gasteiger partial charge in [-0.2, -0.15) is 0 Å². The monoisotopic (exact) mass is 342 g/mol. The van der Waals surface area contributed by atoms with E-state index in [2.05, 4.69) is 0 Å². The molecular formula is C18H14O7. The van der Waals surface area contributed by atoms with Gasteiger partial charge in [-0.25, -0.2) is 4.79 Å². The van der Waals surface area contributed by atoms with Gasteiger partial charge in [0, 0.05) is 18.6 Å². The Bertz CT molecular complexity index is 1060. The van der Waals surface area contributed by atoms with Gasteiger partial charge in [0.1, 0.15) is 34.1 Å². The molecule has 4 N–H and O–H groups in total. The van der Waals surface area contributed by atoms with Crippen LogP contribution in [0.15, 0.2) is 39.5 Å². The topological polar surface area (TPSA) is 128 Å². The number of fused-ring (bicyclic) bond motifs is 1. The molecule has 0 saturated carbocycles. The summed E-state index contributed by atoms with van der Waals surface area (Å²) in [7, 11) is 0. The van der Waals surface area contributed by atoms with E-state index < -0.39 is 17.2 Å². The van der Waals surface area contributed by atoms with Gasteiger partial charge < -0.3 is 24.8 Å². The first kappa shape index (κ1) is 16.4. The molecule has 0 radical (unpaired) electrons. The number of phenolic OH excluding ortho intramolecular Hbond substituents is 4. The minimum absolute atomic E-state index is 0.0132. The third-order valence-electron chi connectivity index (χ3n) is 3.78. The third-order valence-corrected chi connectivity index (χ3v) is 3.78. The number of carbonyl (C=O) groups excluding carboxylic acids is 1. The van der Waals surface area contributed by atoms with E-state index in [1.807, 2.05) is 0 Å². The van der Waals surface area contributed by atoms with Crippen LogP contribution in [0.3, 0.4) is 0 Å². The quantitative estimate of drug-likeness (QED) is 0.538. The number of hydrogen-bond acceptors (Lipinski definition) is 7. The molecule has 0 unspecified atom stereocenters. The van der Waals surface area contributed by atoms with Crippen molar-refractivity contribution >= 4 is 16.6 Å². The highest BCUT2D eigenvalue weighted by atomic mass is 16.4. The molecule has 128 valence electrons. The lowest BCUT2D eigenvalue weighted by Gasteiger charge is -2.10. The Morgan fingerprint density at radius 3 is 2.28 bits per heavy atom. The van der Waals surface area contributed by atoms with Crippen molar-refractivity contribution in [2.45, 2.75) is 13.3 Å². The summed E-state index contributed by atoms with van der Waals surface area (Å²) in [6.45, 7) is 1.27. The summed E-state index contributed by atoms with van der Waals surface area (Å²) in [6.07, 6.45) is -0.0571. The predicted octanol–water partition coefficient (Wildman–Crippen LogP) is 2.41. The van der Waals surface area contributed by atoms with E-state index in [0.717, 1.165) is 12.1 Å². The van der Waals surface area contributed by atoms with Crippen LogP contribution < -0.4 is 5.63 Å². The number of phenols is 4. The number of Topliss-reactive ketones (excluding diaryl/α,β-unsaturated/α-hetero) is 1. The Balaban J connectivity index is 2.17.